The van der Waals surface area contributed by atoms with Crippen LogP contribution in [0.5, 0.6) is 0 Å². The fourth-order valence-corrected chi connectivity index (χ4v) is 2.64. The number of nitrogens with one attached hydrogen (secondary N) is 1. The Kier molecular flexibility index (Phi) is 3.69. The average Bonchev–Trinajstić information content (AvgIpc) is 2.25. The normalized spacial score (nSPS) is 17.4. The van der Waals surface area contributed by atoms with Crippen LogP contribution >= 0.6 is 15.9 Å². The Morgan fingerprint density at radius 2 is 1.94 bits per heavy atom. The summed E-state index contributed by atoms with van der Waals surface area (Å²) in [7, 11) is 0. The van der Waals surface area contributed by atoms with Crippen LogP contribution in [0.2, 0.25) is 0 Å². The minimum Gasteiger partial charge on any atom is -0.397 e. The van der Waals surface area contributed by atoms with Crippen LogP contribution in [0.3, 0.4) is 0 Å². The van der Waals surface area contributed by atoms with Gasteiger partial charge in [0, 0.05) is 10.5 Å². The van der Waals surface area contributed by atoms with Crippen molar-refractivity contribution in [2.24, 2.45) is 0 Å². The molecule has 0 radical (unpaired) electrons. The molecule has 0 bridgehead atoms. The van der Waals surface area contributed by atoms with Gasteiger partial charge in [-0.15, -0.1) is 0 Å². The number of halogens is 2. The van der Waals surface area contributed by atoms with Crippen LogP contribution < -0.4 is 11.1 Å². The van der Waals surface area contributed by atoms with Gasteiger partial charge in [-0.3, -0.25) is 0 Å². The molecule has 1 aromatic carbocycles. The molecule has 0 aliphatic heterocycles. The molecule has 1 aliphatic rings. The molecule has 16 heavy (non-hydrogen) atoms. The second-order valence-corrected chi connectivity index (χ2v) is 5.25. The van der Waals surface area contributed by atoms with Crippen LogP contribution in [0, 0.1) is 5.82 Å². The summed E-state index contributed by atoms with van der Waals surface area (Å²) < 4.78 is 14.4. The molecule has 0 amide bonds. The molecule has 1 saturated carbocycles. The second kappa shape index (κ2) is 5.04. The Bertz CT molecular complexity index is 352. The maximum Gasteiger partial charge on any atom is 0.149 e. The number of nitrogen functional groups attached to an aromatic ring is 1. The highest BCUT2D eigenvalue weighted by atomic mass is 79.9. The monoisotopic (exact) mass is 286 g/mol. The van der Waals surface area contributed by atoms with E-state index in [9.17, 15) is 4.39 Å². The molecule has 2 nitrogen and oxygen atoms in total. The molecule has 1 aromatic rings. The largest absolute Gasteiger partial charge is 0.397 e. The van der Waals surface area contributed by atoms with Crippen molar-refractivity contribution in [3.8, 4) is 0 Å². The molecule has 0 heterocycles. The predicted molar refractivity (Wildman–Crippen MR) is 69.0 cm³/mol. The van der Waals surface area contributed by atoms with Crippen LogP contribution in [0.1, 0.15) is 32.1 Å². The molecular formula is C12H16BrFN2. The summed E-state index contributed by atoms with van der Waals surface area (Å²) in [5.74, 6) is -0.280. The van der Waals surface area contributed by atoms with Crippen LogP contribution in [-0.4, -0.2) is 6.04 Å². The van der Waals surface area contributed by atoms with Gasteiger partial charge in [0.2, 0.25) is 0 Å². The summed E-state index contributed by atoms with van der Waals surface area (Å²) in [6, 6.07) is 3.54. The minimum absolute atomic E-state index is 0.280. The maximum atomic E-state index is 13.7. The lowest BCUT2D eigenvalue weighted by Crippen LogP contribution is -2.23. The highest BCUT2D eigenvalue weighted by Crippen LogP contribution is 2.30. The third kappa shape index (κ3) is 2.67. The van der Waals surface area contributed by atoms with Crippen molar-refractivity contribution in [3.63, 3.8) is 0 Å². The van der Waals surface area contributed by atoms with E-state index >= 15 is 0 Å². The zero-order chi connectivity index (χ0) is 11.5. The van der Waals surface area contributed by atoms with Gasteiger partial charge in [-0.2, -0.15) is 0 Å². The highest BCUT2D eigenvalue weighted by Gasteiger charge is 2.16. The number of rotatable bonds is 2. The first-order chi connectivity index (χ1) is 7.66. The second-order valence-electron chi connectivity index (χ2n) is 4.33. The van der Waals surface area contributed by atoms with E-state index in [1.807, 2.05) is 0 Å². The smallest absolute Gasteiger partial charge is 0.149 e. The third-order valence-corrected chi connectivity index (χ3v) is 3.50. The van der Waals surface area contributed by atoms with Gasteiger partial charge in [-0.25, -0.2) is 4.39 Å². The molecule has 0 saturated heterocycles. The number of anilines is 2. The molecule has 88 valence electrons. The zero-order valence-corrected chi connectivity index (χ0v) is 10.7. The quantitative estimate of drug-likeness (QED) is 0.809. The SMILES string of the molecule is Nc1cc(Br)cc(F)c1NC1CCCCC1. The first kappa shape index (κ1) is 11.7. The zero-order valence-electron chi connectivity index (χ0n) is 9.10. The van der Waals surface area contributed by atoms with E-state index in [0.29, 0.717) is 21.9 Å². The standard InChI is InChI=1S/C12H16BrFN2/c13-8-6-10(14)12(11(15)7-8)16-9-4-2-1-3-5-9/h6-7,9,16H,1-5,15H2. The van der Waals surface area contributed by atoms with Gasteiger partial charge >= 0.3 is 0 Å². The van der Waals surface area contributed by atoms with E-state index in [-0.39, 0.29) is 5.82 Å². The molecule has 0 spiro atoms. The van der Waals surface area contributed by atoms with Crippen molar-refractivity contribution >= 4 is 27.3 Å². The molecule has 1 aliphatic carbocycles. The number of benzene rings is 1. The van der Waals surface area contributed by atoms with E-state index in [0.717, 1.165) is 12.8 Å². The molecular weight excluding hydrogens is 271 g/mol. The van der Waals surface area contributed by atoms with Crippen LogP contribution in [0.25, 0.3) is 0 Å². The van der Waals surface area contributed by atoms with Gasteiger partial charge in [-0.1, -0.05) is 35.2 Å². The van der Waals surface area contributed by atoms with Crippen LogP contribution in [0.4, 0.5) is 15.8 Å². The lowest BCUT2D eigenvalue weighted by atomic mass is 9.95. The molecule has 1 fully saturated rings. The molecule has 3 N–H and O–H groups in total. The van der Waals surface area contributed by atoms with Crippen molar-refractivity contribution in [1.82, 2.24) is 0 Å². The van der Waals surface area contributed by atoms with E-state index < -0.39 is 0 Å². The van der Waals surface area contributed by atoms with Crippen molar-refractivity contribution in [2.45, 2.75) is 38.1 Å². The average molecular weight is 287 g/mol. The molecule has 4 heteroatoms. The third-order valence-electron chi connectivity index (χ3n) is 3.04. The number of hydrogen-bond acceptors (Lipinski definition) is 2. The van der Waals surface area contributed by atoms with E-state index in [4.69, 9.17) is 5.73 Å². The summed E-state index contributed by atoms with van der Waals surface area (Å²) in [5, 5.41) is 3.22. The summed E-state index contributed by atoms with van der Waals surface area (Å²) in [6.45, 7) is 0. The Hall–Kier alpha value is -0.770. The molecule has 0 unspecified atom stereocenters. The predicted octanol–water partition coefficient (Wildman–Crippen LogP) is 3.92. The van der Waals surface area contributed by atoms with Gasteiger partial charge in [0.25, 0.3) is 0 Å². The summed E-state index contributed by atoms with van der Waals surface area (Å²) in [6.07, 6.45) is 5.94. The Morgan fingerprint density at radius 1 is 1.25 bits per heavy atom. The minimum atomic E-state index is -0.280. The maximum absolute atomic E-state index is 13.7. The topological polar surface area (TPSA) is 38.0 Å². The van der Waals surface area contributed by atoms with E-state index in [1.165, 1.54) is 25.3 Å². The lowest BCUT2D eigenvalue weighted by molar-refractivity contribution is 0.461. The van der Waals surface area contributed by atoms with E-state index in [1.54, 1.807) is 6.07 Å². The first-order valence-electron chi connectivity index (χ1n) is 5.68. The van der Waals surface area contributed by atoms with Crippen molar-refractivity contribution in [1.29, 1.82) is 0 Å². The first-order valence-corrected chi connectivity index (χ1v) is 6.47. The summed E-state index contributed by atoms with van der Waals surface area (Å²) in [5.41, 5.74) is 6.73. The van der Waals surface area contributed by atoms with Gasteiger partial charge in [-0.05, 0) is 25.0 Å². The molecule has 0 aromatic heterocycles. The Labute approximate surface area is 104 Å². The summed E-state index contributed by atoms with van der Waals surface area (Å²) >= 11 is 3.22. The van der Waals surface area contributed by atoms with Gasteiger partial charge in [0.1, 0.15) is 5.82 Å². The van der Waals surface area contributed by atoms with Crippen molar-refractivity contribution in [2.75, 3.05) is 11.1 Å². The van der Waals surface area contributed by atoms with E-state index in [2.05, 4.69) is 21.2 Å². The highest BCUT2D eigenvalue weighted by molar-refractivity contribution is 9.10. The Morgan fingerprint density at radius 3 is 2.56 bits per heavy atom. The summed E-state index contributed by atoms with van der Waals surface area (Å²) in [4.78, 5) is 0. The van der Waals surface area contributed by atoms with Crippen molar-refractivity contribution < 1.29 is 4.39 Å². The van der Waals surface area contributed by atoms with Crippen LogP contribution in [-0.2, 0) is 0 Å². The van der Waals surface area contributed by atoms with Crippen LogP contribution in [0.15, 0.2) is 16.6 Å². The van der Waals surface area contributed by atoms with Gasteiger partial charge in [0.05, 0.1) is 11.4 Å². The van der Waals surface area contributed by atoms with Gasteiger partial charge < -0.3 is 11.1 Å². The Balaban J connectivity index is 2.14. The van der Waals surface area contributed by atoms with Crippen molar-refractivity contribution in [3.05, 3.63) is 22.4 Å². The fourth-order valence-electron chi connectivity index (χ4n) is 2.20. The molecule has 2 rings (SSSR count). The fraction of sp³-hybridized carbons (Fsp3) is 0.500. The number of nitrogens with two attached hydrogens (primary N) is 1. The molecule has 0 atom stereocenters. The lowest BCUT2D eigenvalue weighted by Gasteiger charge is -2.24. The number of hydrogen-bond donors (Lipinski definition) is 2. The van der Waals surface area contributed by atoms with Gasteiger partial charge in [0.15, 0.2) is 0 Å².